The van der Waals surface area contributed by atoms with Gasteiger partial charge in [-0.25, -0.2) is 4.79 Å². The van der Waals surface area contributed by atoms with E-state index in [1.807, 2.05) is 0 Å². The number of benzene rings is 2. The van der Waals surface area contributed by atoms with Gasteiger partial charge in [-0.2, -0.15) is 0 Å². The number of nitro groups is 1. The summed E-state index contributed by atoms with van der Waals surface area (Å²) < 4.78 is 12.2. The zero-order valence-corrected chi connectivity index (χ0v) is 11.6. The molecule has 0 bridgehead atoms. The van der Waals surface area contributed by atoms with Crippen molar-refractivity contribution in [1.29, 1.82) is 0 Å². The van der Waals surface area contributed by atoms with E-state index in [2.05, 4.69) is 0 Å². The summed E-state index contributed by atoms with van der Waals surface area (Å²) >= 11 is 0. The SMILES string of the molecule is O=C(O)c1cccc(CS(=O)c2ccc([N+](=O)[O-])cc2)c1. The van der Waals surface area contributed by atoms with Gasteiger partial charge in [0.15, 0.2) is 0 Å². The first-order valence-electron chi connectivity index (χ1n) is 5.92. The molecule has 2 aromatic carbocycles. The Hall–Kier alpha value is -2.54. The molecule has 0 aromatic heterocycles. The number of nitrogens with zero attached hydrogens (tertiary/aromatic N) is 1. The first-order valence-corrected chi connectivity index (χ1v) is 7.24. The zero-order valence-electron chi connectivity index (χ0n) is 10.8. The Labute approximate surface area is 122 Å². The molecule has 0 heterocycles. The predicted molar refractivity (Wildman–Crippen MR) is 76.6 cm³/mol. The van der Waals surface area contributed by atoms with Crippen LogP contribution in [-0.4, -0.2) is 20.2 Å². The van der Waals surface area contributed by atoms with Crippen LogP contribution in [0.15, 0.2) is 53.4 Å². The molecule has 1 atom stereocenters. The Kier molecular flexibility index (Phi) is 4.44. The quantitative estimate of drug-likeness (QED) is 0.676. The molecule has 7 heteroatoms. The normalized spacial score (nSPS) is 11.8. The summed E-state index contributed by atoms with van der Waals surface area (Å²) in [6, 6.07) is 11.7. The van der Waals surface area contributed by atoms with Crippen LogP contribution in [0.2, 0.25) is 0 Å². The second kappa shape index (κ2) is 6.27. The molecular weight excluding hydrogens is 294 g/mol. The predicted octanol–water partition coefficient (Wildman–Crippen LogP) is 2.60. The van der Waals surface area contributed by atoms with Gasteiger partial charge in [0.2, 0.25) is 0 Å². The summed E-state index contributed by atoms with van der Waals surface area (Å²) in [6.45, 7) is 0. The Balaban J connectivity index is 2.16. The van der Waals surface area contributed by atoms with E-state index in [-0.39, 0.29) is 17.0 Å². The van der Waals surface area contributed by atoms with Gasteiger partial charge in [0, 0.05) is 17.0 Å². The Morgan fingerprint density at radius 1 is 1.19 bits per heavy atom. The van der Waals surface area contributed by atoms with E-state index in [1.54, 1.807) is 12.1 Å². The van der Waals surface area contributed by atoms with Gasteiger partial charge in [0.1, 0.15) is 0 Å². The molecule has 0 amide bonds. The van der Waals surface area contributed by atoms with Gasteiger partial charge in [-0.3, -0.25) is 14.3 Å². The molecule has 0 fully saturated rings. The van der Waals surface area contributed by atoms with Crippen LogP contribution in [0.25, 0.3) is 0 Å². The zero-order chi connectivity index (χ0) is 15.4. The number of carbonyl (C=O) groups is 1. The van der Waals surface area contributed by atoms with Gasteiger partial charge in [-0.1, -0.05) is 12.1 Å². The molecule has 0 radical (unpaired) electrons. The van der Waals surface area contributed by atoms with Crippen molar-refractivity contribution < 1.29 is 19.0 Å². The van der Waals surface area contributed by atoms with Crippen molar-refractivity contribution >= 4 is 22.5 Å². The third kappa shape index (κ3) is 3.73. The minimum Gasteiger partial charge on any atom is -0.478 e. The van der Waals surface area contributed by atoms with Gasteiger partial charge >= 0.3 is 5.97 Å². The molecule has 108 valence electrons. The molecule has 6 nitrogen and oxygen atoms in total. The molecule has 1 unspecified atom stereocenters. The molecule has 2 rings (SSSR count). The molecule has 2 aromatic rings. The number of carboxylic acids is 1. The maximum absolute atomic E-state index is 12.2. The highest BCUT2D eigenvalue weighted by molar-refractivity contribution is 7.84. The van der Waals surface area contributed by atoms with Crippen LogP contribution < -0.4 is 0 Å². The number of hydrogen-bond acceptors (Lipinski definition) is 4. The van der Waals surface area contributed by atoms with Gasteiger partial charge < -0.3 is 5.11 Å². The third-order valence-corrected chi connectivity index (χ3v) is 4.18. The molecule has 1 N–H and O–H groups in total. The molecule has 0 aliphatic carbocycles. The minimum atomic E-state index is -1.39. The maximum Gasteiger partial charge on any atom is 0.335 e. The lowest BCUT2D eigenvalue weighted by Gasteiger charge is -2.04. The summed E-state index contributed by atoms with van der Waals surface area (Å²) in [5, 5.41) is 19.5. The summed E-state index contributed by atoms with van der Waals surface area (Å²) in [5.41, 5.74) is 0.698. The highest BCUT2D eigenvalue weighted by Gasteiger charge is 2.10. The maximum atomic E-state index is 12.2. The van der Waals surface area contributed by atoms with Gasteiger partial charge in [0.05, 0.1) is 27.0 Å². The Morgan fingerprint density at radius 2 is 1.86 bits per heavy atom. The number of carboxylic acid groups (broad SMARTS) is 1. The van der Waals surface area contributed by atoms with Crippen molar-refractivity contribution in [2.75, 3.05) is 0 Å². The number of aromatic carboxylic acids is 1. The topological polar surface area (TPSA) is 97.5 Å². The summed E-state index contributed by atoms with van der Waals surface area (Å²) in [7, 11) is -1.39. The van der Waals surface area contributed by atoms with E-state index in [4.69, 9.17) is 5.11 Å². The van der Waals surface area contributed by atoms with Crippen molar-refractivity contribution in [3.05, 3.63) is 69.8 Å². The lowest BCUT2D eigenvalue weighted by molar-refractivity contribution is -0.384. The van der Waals surface area contributed by atoms with Crippen LogP contribution in [0.1, 0.15) is 15.9 Å². The smallest absolute Gasteiger partial charge is 0.335 e. The lowest BCUT2D eigenvalue weighted by Crippen LogP contribution is -2.00. The van der Waals surface area contributed by atoms with E-state index >= 15 is 0 Å². The highest BCUT2D eigenvalue weighted by Crippen LogP contribution is 2.17. The molecule has 21 heavy (non-hydrogen) atoms. The standard InChI is InChI=1S/C14H11NO5S/c16-14(17)11-3-1-2-10(8-11)9-21(20)13-6-4-12(5-7-13)15(18)19/h1-8H,9H2,(H,16,17). The molecule has 0 aliphatic rings. The first kappa shape index (κ1) is 14.9. The molecular formula is C14H11NO5S. The first-order chi connectivity index (χ1) is 9.97. The monoisotopic (exact) mass is 305 g/mol. The largest absolute Gasteiger partial charge is 0.478 e. The van der Waals surface area contributed by atoms with Crippen LogP contribution in [0.4, 0.5) is 5.69 Å². The van der Waals surface area contributed by atoms with Crippen molar-refractivity contribution in [3.63, 3.8) is 0 Å². The fraction of sp³-hybridized carbons (Fsp3) is 0.0714. The van der Waals surface area contributed by atoms with Crippen LogP contribution in [-0.2, 0) is 16.6 Å². The van der Waals surface area contributed by atoms with Crippen molar-refractivity contribution in [2.24, 2.45) is 0 Å². The molecule has 0 saturated heterocycles. The second-order valence-corrected chi connectivity index (χ2v) is 5.70. The third-order valence-electron chi connectivity index (χ3n) is 2.78. The fourth-order valence-electron chi connectivity index (χ4n) is 1.75. The van der Waals surface area contributed by atoms with E-state index in [0.717, 1.165) is 0 Å². The van der Waals surface area contributed by atoms with E-state index in [0.29, 0.717) is 10.5 Å². The number of hydrogen-bond donors (Lipinski definition) is 1. The average Bonchev–Trinajstić information content (AvgIpc) is 2.47. The Morgan fingerprint density at radius 3 is 2.43 bits per heavy atom. The van der Waals surface area contributed by atoms with E-state index < -0.39 is 21.7 Å². The lowest BCUT2D eigenvalue weighted by atomic mass is 10.1. The molecule has 0 saturated carbocycles. The van der Waals surface area contributed by atoms with Crippen molar-refractivity contribution in [3.8, 4) is 0 Å². The van der Waals surface area contributed by atoms with Gasteiger partial charge in [-0.05, 0) is 29.8 Å². The number of non-ortho nitro benzene ring substituents is 1. The summed E-state index contributed by atoms with van der Waals surface area (Å²) in [5.74, 6) is -0.892. The molecule has 0 aliphatic heterocycles. The van der Waals surface area contributed by atoms with Crippen molar-refractivity contribution in [2.45, 2.75) is 10.6 Å². The van der Waals surface area contributed by atoms with E-state index in [1.165, 1.54) is 36.4 Å². The summed E-state index contributed by atoms with van der Waals surface area (Å²) in [4.78, 5) is 21.4. The van der Waals surface area contributed by atoms with E-state index in [9.17, 15) is 19.1 Å². The average molecular weight is 305 g/mol. The van der Waals surface area contributed by atoms with Gasteiger partial charge in [0.25, 0.3) is 5.69 Å². The van der Waals surface area contributed by atoms with Crippen LogP contribution in [0.3, 0.4) is 0 Å². The minimum absolute atomic E-state index is 0.0661. The van der Waals surface area contributed by atoms with Crippen LogP contribution in [0, 0.1) is 10.1 Å². The molecule has 0 spiro atoms. The Bertz CT molecular complexity index is 712. The summed E-state index contributed by atoms with van der Waals surface area (Å²) in [6.07, 6.45) is 0. The number of rotatable bonds is 5. The van der Waals surface area contributed by atoms with Gasteiger partial charge in [-0.15, -0.1) is 0 Å². The van der Waals surface area contributed by atoms with Crippen LogP contribution in [0.5, 0.6) is 0 Å². The fourth-order valence-corrected chi connectivity index (χ4v) is 2.84. The highest BCUT2D eigenvalue weighted by atomic mass is 32.2. The van der Waals surface area contributed by atoms with Crippen LogP contribution >= 0.6 is 0 Å². The second-order valence-electron chi connectivity index (χ2n) is 4.25. The van der Waals surface area contributed by atoms with Crippen molar-refractivity contribution in [1.82, 2.24) is 0 Å². The number of nitro benzene ring substituents is 1.